The summed E-state index contributed by atoms with van der Waals surface area (Å²) in [5.41, 5.74) is 2.30. The number of nitrogens with one attached hydrogen (secondary N) is 1. The number of alkyl halides is 2. The van der Waals surface area contributed by atoms with Crippen LogP contribution < -0.4 is 10.1 Å². The lowest BCUT2D eigenvalue weighted by molar-refractivity contribution is -0.119. The zero-order chi connectivity index (χ0) is 21.8. The first-order valence-corrected chi connectivity index (χ1v) is 10.1. The largest absolute Gasteiger partial charge is 0.486 e. The second-order valence-corrected chi connectivity index (χ2v) is 7.91. The summed E-state index contributed by atoms with van der Waals surface area (Å²) < 4.78 is 29.9. The average Bonchev–Trinajstić information content (AvgIpc) is 3.52. The highest BCUT2D eigenvalue weighted by Crippen LogP contribution is 2.33. The number of hydrogen-bond donors (Lipinski definition) is 1. The lowest BCUT2D eigenvalue weighted by Gasteiger charge is -2.18. The van der Waals surface area contributed by atoms with Gasteiger partial charge >= 0.3 is 0 Å². The van der Waals surface area contributed by atoms with Crippen LogP contribution in [-0.2, 0) is 11.2 Å². The lowest BCUT2D eigenvalue weighted by Crippen LogP contribution is -2.27. The fraction of sp³-hybridized carbons (Fsp3) is 0.409. The maximum atomic E-state index is 12.7. The van der Waals surface area contributed by atoms with E-state index in [-0.39, 0.29) is 40.8 Å². The van der Waals surface area contributed by atoms with Gasteiger partial charge in [0.2, 0.25) is 0 Å². The molecular formula is C22H23ClF2N2O3. The minimum atomic E-state index is -2.59. The first kappa shape index (κ1) is 22.2. The molecule has 1 aromatic carbocycles. The molecule has 1 unspecified atom stereocenters. The van der Waals surface area contributed by atoms with Gasteiger partial charge in [-0.15, -0.1) is 0 Å². The Labute approximate surface area is 178 Å². The number of halogens is 3. The molecule has 0 bridgehead atoms. The van der Waals surface area contributed by atoms with Crippen LogP contribution in [-0.4, -0.2) is 29.7 Å². The van der Waals surface area contributed by atoms with Gasteiger partial charge in [-0.3, -0.25) is 14.6 Å². The molecule has 5 nitrogen and oxygen atoms in total. The molecule has 1 aliphatic rings. The van der Waals surface area contributed by atoms with E-state index in [2.05, 4.69) is 10.3 Å². The van der Waals surface area contributed by atoms with Gasteiger partial charge in [-0.25, -0.2) is 8.78 Å². The summed E-state index contributed by atoms with van der Waals surface area (Å²) in [4.78, 5) is 28.8. The Kier molecular flexibility index (Phi) is 7.02. The van der Waals surface area contributed by atoms with Crippen LogP contribution in [0.15, 0.2) is 30.5 Å². The number of aromatic nitrogens is 1. The Bertz CT molecular complexity index is 925. The first-order valence-electron chi connectivity index (χ1n) is 9.74. The van der Waals surface area contributed by atoms with Crippen molar-refractivity contribution in [2.45, 2.75) is 45.6 Å². The highest BCUT2D eigenvalue weighted by atomic mass is 35.5. The number of rotatable bonds is 9. The zero-order valence-electron chi connectivity index (χ0n) is 16.8. The topological polar surface area (TPSA) is 68.3 Å². The van der Waals surface area contributed by atoms with Crippen molar-refractivity contribution >= 4 is 23.3 Å². The molecule has 0 saturated heterocycles. The molecule has 1 atom stereocenters. The quantitative estimate of drug-likeness (QED) is 0.618. The van der Waals surface area contributed by atoms with Crippen molar-refractivity contribution in [3.63, 3.8) is 0 Å². The van der Waals surface area contributed by atoms with E-state index >= 15 is 0 Å². The fourth-order valence-electron chi connectivity index (χ4n) is 3.14. The van der Waals surface area contributed by atoms with Gasteiger partial charge in [0.15, 0.2) is 0 Å². The number of hydrogen-bond acceptors (Lipinski definition) is 4. The van der Waals surface area contributed by atoms with Gasteiger partial charge < -0.3 is 10.1 Å². The van der Waals surface area contributed by atoms with Gasteiger partial charge in [0.05, 0.1) is 11.1 Å². The van der Waals surface area contributed by atoms with Crippen molar-refractivity contribution in [2.75, 3.05) is 6.61 Å². The summed E-state index contributed by atoms with van der Waals surface area (Å²) >= 11 is 6.19. The van der Waals surface area contributed by atoms with Crippen LogP contribution in [0.3, 0.4) is 0 Å². The molecule has 1 fully saturated rings. The highest BCUT2D eigenvalue weighted by Gasteiger charge is 2.29. The smallest absolute Gasteiger partial charge is 0.272 e. The van der Waals surface area contributed by atoms with E-state index in [9.17, 15) is 18.4 Å². The van der Waals surface area contributed by atoms with E-state index < -0.39 is 13.0 Å². The number of benzene rings is 1. The maximum Gasteiger partial charge on any atom is 0.272 e. The van der Waals surface area contributed by atoms with Crippen LogP contribution in [0.1, 0.15) is 53.0 Å². The molecule has 1 saturated carbocycles. The highest BCUT2D eigenvalue weighted by molar-refractivity contribution is 6.32. The number of carbonyl (C=O) groups excluding carboxylic acids is 2. The van der Waals surface area contributed by atoms with Gasteiger partial charge in [0, 0.05) is 29.8 Å². The lowest BCUT2D eigenvalue weighted by atomic mass is 10.0. The Morgan fingerprint density at radius 1 is 1.30 bits per heavy atom. The SMILES string of the molecule is Cc1cc(C(C)NC(=O)c2ccnc(CC(=O)C3CC3)c2)cc(Cl)c1OCC(F)F. The van der Waals surface area contributed by atoms with Crippen LogP contribution in [0.5, 0.6) is 5.75 Å². The number of aryl methyl sites for hydroxylation is 1. The van der Waals surface area contributed by atoms with E-state index in [0.717, 1.165) is 12.8 Å². The number of amides is 1. The monoisotopic (exact) mass is 436 g/mol. The van der Waals surface area contributed by atoms with Crippen LogP contribution in [0.25, 0.3) is 0 Å². The molecule has 1 aromatic heterocycles. The Balaban J connectivity index is 1.67. The summed E-state index contributed by atoms with van der Waals surface area (Å²) in [7, 11) is 0. The van der Waals surface area contributed by atoms with Crippen molar-refractivity contribution < 1.29 is 23.1 Å². The van der Waals surface area contributed by atoms with E-state index in [0.29, 0.717) is 22.4 Å². The molecule has 0 radical (unpaired) electrons. The molecule has 2 aromatic rings. The van der Waals surface area contributed by atoms with Crippen molar-refractivity contribution in [1.82, 2.24) is 10.3 Å². The Morgan fingerprint density at radius 2 is 2.03 bits per heavy atom. The molecule has 8 heteroatoms. The molecule has 30 heavy (non-hydrogen) atoms. The van der Waals surface area contributed by atoms with E-state index in [1.54, 1.807) is 38.1 Å². The second kappa shape index (κ2) is 9.51. The number of ether oxygens (including phenoxy) is 1. The van der Waals surface area contributed by atoms with Gasteiger partial charge in [0.25, 0.3) is 12.3 Å². The third-order valence-corrected chi connectivity index (χ3v) is 5.20. The van der Waals surface area contributed by atoms with Gasteiger partial charge in [-0.1, -0.05) is 17.7 Å². The standard InChI is InChI=1S/C22H23ClF2N2O3/c1-12-7-16(9-18(23)21(12)30-11-20(24)25)13(2)27-22(29)15-5-6-26-17(8-15)10-19(28)14-3-4-14/h5-9,13-14,20H,3-4,10-11H2,1-2H3,(H,27,29). The van der Waals surface area contributed by atoms with Gasteiger partial charge in [-0.05, 0) is 56.0 Å². The van der Waals surface area contributed by atoms with Crippen molar-refractivity contribution in [3.8, 4) is 5.75 Å². The molecule has 1 aliphatic carbocycles. The van der Waals surface area contributed by atoms with Crippen LogP contribution in [0.2, 0.25) is 5.02 Å². The Hall–Kier alpha value is -2.54. The molecule has 1 N–H and O–H groups in total. The number of pyridine rings is 1. The molecule has 0 aliphatic heterocycles. The normalized spacial score (nSPS) is 14.5. The van der Waals surface area contributed by atoms with Crippen LogP contribution >= 0.6 is 11.6 Å². The van der Waals surface area contributed by atoms with Crippen LogP contribution in [0, 0.1) is 12.8 Å². The summed E-state index contributed by atoms with van der Waals surface area (Å²) in [5.74, 6) is 0.202. The summed E-state index contributed by atoms with van der Waals surface area (Å²) in [5, 5.41) is 3.09. The second-order valence-electron chi connectivity index (χ2n) is 7.50. The molecule has 160 valence electrons. The van der Waals surface area contributed by atoms with Crippen molar-refractivity contribution in [1.29, 1.82) is 0 Å². The van der Waals surface area contributed by atoms with Crippen molar-refractivity contribution in [3.05, 3.63) is 57.9 Å². The summed E-state index contributed by atoms with van der Waals surface area (Å²) in [6.07, 6.45) is 1.03. The molecule has 1 amide bonds. The molecule has 3 rings (SSSR count). The minimum Gasteiger partial charge on any atom is -0.486 e. The van der Waals surface area contributed by atoms with Crippen molar-refractivity contribution in [2.24, 2.45) is 5.92 Å². The molecular weight excluding hydrogens is 414 g/mol. The number of carbonyl (C=O) groups is 2. The number of nitrogens with zero attached hydrogens (tertiary/aromatic N) is 1. The Morgan fingerprint density at radius 3 is 2.67 bits per heavy atom. The minimum absolute atomic E-state index is 0.143. The van der Waals surface area contributed by atoms with E-state index in [1.165, 1.54) is 6.20 Å². The third kappa shape index (κ3) is 5.75. The van der Waals surface area contributed by atoms with Crippen LogP contribution in [0.4, 0.5) is 8.78 Å². The van der Waals surface area contributed by atoms with Gasteiger partial charge in [-0.2, -0.15) is 0 Å². The summed E-state index contributed by atoms with van der Waals surface area (Å²) in [6, 6.07) is 6.16. The fourth-order valence-corrected chi connectivity index (χ4v) is 3.47. The predicted octanol–water partition coefficient (Wildman–Crippen LogP) is 4.70. The van der Waals surface area contributed by atoms with E-state index in [1.807, 2.05) is 0 Å². The van der Waals surface area contributed by atoms with Gasteiger partial charge in [0.1, 0.15) is 18.1 Å². The van der Waals surface area contributed by atoms with E-state index in [4.69, 9.17) is 16.3 Å². The molecule has 0 spiro atoms. The summed E-state index contributed by atoms with van der Waals surface area (Å²) in [6.45, 7) is 2.76. The first-order chi connectivity index (χ1) is 14.2. The maximum absolute atomic E-state index is 12.7. The molecule has 1 heterocycles. The zero-order valence-corrected chi connectivity index (χ0v) is 17.5. The predicted molar refractivity (Wildman–Crippen MR) is 109 cm³/mol. The average molecular weight is 437 g/mol. The number of Topliss-reactive ketones (excluding diaryl/α,β-unsaturated/α-hetero) is 1. The third-order valence-electron chi connectivity index (χ3n) is 4.92. The number of ketones is 1.